The van der Waals surface area contributed by atoms with Gasteiger partial charge in [0.1, 0.15) is 44.0 Å². The molecule has 1 aromatic carbocycles. The molecule has 1 amide bonds. The molecule has 256 valence electrons. The van der Waals surface area contributed by atoms with Gasteiger partial charge in [-0.2, -0.15) is 0 Å². The van der Waals surface area contributed by atoms with Crippen LogP contribution in [0.15, 0.2) is 60.7 Å². The summed E-state index contributed by atoms with van der Waals surface area (Å²) in [5, 5.41) is 12.3. The summed E-state index contributed by atoms with van der Waals surface area (Å²) in [7, 11) is 0. The normalized spacial score (nSPS) is 11.7. The first-order chi connectivity index (χ1) is 21.9. The topological polar surface area (TPSA) is 174 Å². The van der Waals surface area contributed by atoms with E-state index in [2.05, 4.69) is 25.1 Å². The maximum atomic E-state index is 12.2. The molecule has 0 saturated heterocycles. The molecular formula is C32H45NO13. The molecule has 1 rings (SSSR count). The van der Waals surface area contributed by atoms with Crippen LogP contribution in [0.3, 0.4) is 0 Å². The summed E-state index contributed by atoms with van der Waals surface area (Å²) in [6, 6.07) is 6.85. The van der Waals surface area contributed by atoms with Crippen LogP contribution in [0.2, 0.25) is 0 Å². The van der Waals surface area contributed by atoms with Crippen molar-refractivity contribution < 1.29 is 62.2 Å². The zero-order valence-corrected chi connectivity index (χ0v) is 26.7. The van der Waals surface area contributed by atoms with Crippen LogP contribution in [-0.4, -0.2) is 107 Å². The van der Waals surface area contributed by atoms with Crippen LogP contribution in [0.1, 0.15) is 27.2 Å². The number of hydrogen-bond acceptors (Lipinski definition) is 13. The summed E-state index contributed by atoms with van der Waals surface area (Å²) >= 11 is 0. The van der Waals surface area contributed by atoms with Gasteiger partial charge in [-0.05, 0) is 51.5 Å². The Bertz CT molecular complexity index is 1150. The Hall–Kier alpha value is -4.40. The lowest BCUT2D eigenvalue weighted by Crippen LogP contribution is -2.35. The van der Waals surface area contributed by atoms with Gasteiger partial charge in [-0.1, -0.05) is 19.7 Å². The Kier molecular flexibility index (Phi) is 19.8. The van der Waals surface area contributed by atoms with Crippen LogP contribution in [0.4, 0.5) is 4.79 Å². The number of amides is 1. The lowest BCUT2D eigenvalue weighted by Gasteiger charge is -2.18. The maximum absolute atomic E-state index is 12.2. The van der Waals surface area contributed by atoms with E-state index in [1.54, 1.807) is 24.3 Å². The van der Waals surface area contributed by atoms with Crippen molar-refractivity contribution in [2.24, 2.45) is 0 Å². The highest BCUT2D eigenvalue weighted by Crippen LogP contribution is 2.17. The molecule has 0 aromatic heterocycles. The number of ether oxygens (including phenoxy) is 8. The second-order valence-corrected chi connectivity index (χ2v) is 9.95. The average molecular weight is 652 g/mol. The molecule has 0 aliphatic rings. The third-order valence-electron chi connectivity index (χ3n) is 5.38. The first kappa shape index (κ1) is 39.6. The highest BCUT2D eigenvalue weighted by atomic mass is 16.6. The van der Waals surface area contributed by atoms with Crippen molar-refractivity contribution in [3.8, 4) is 11.5 Å². The highest BCUT2D eigenvalue weighted by Gasteiger charge is 2.18. The number of aliphatic hydroxyl groups is 1. The summed E-state index contributed by atoms with van der Waals surface area (Å²) < 4.78 is 42.3. The van der Waals surface area contributed by atoms with E-state index < -0.39 is 36.2 Å². The van der Waals surface area contributed by atoms with Crippen LogP contribution < -0.4 is 14.8 Å². The number of benzene rings is 1. The van der Waals surface area contributed by atoms with E-state index in [9.17, 15) is 24.3 Å². The third-order valence-corrected chi connectivity index (χ3v) is 5.38. The Balaban J connectivity index is 2.32. The van der Waals surface area contributed by atoms with Gasteiger partial charge in [-0.25, -0.2) is 19.2 Å². The predicted octanol–water partition coefficient (Wildman–Crippen LogP) is 2.68. The standard InChI is InChI=1S/C32H45NO13/c1-22(2)29(35)43-13-7-12-33-32(38)46-28(21-45-31(37)24(5)6)20-40-15-17-42-27-10-8-26(9-11-27)41-16-14-39-18-25(34)19-44-30(36)23(3)4/h8-11,25,28,34H,1,3,5,7,12-21H2,2,4,6H3,(H,33,38). The van der Waals surface area contributed by atoms with Crippen LogP contribution in [0.5, 0.6) is 11.5 Å². The van der Waals surface area contributed by atoms with Crippen molar-refractivity contribution in [3.05, 3.63) is 60.7 Å². The first-order valence-corrected chi connectivity index (χ1v) is 14.5. The molecule has 14 nitrogen and oxygen atoms in total. The largest absolute Gasteiger partial charge is 0.491 e. The Labute approximate surface area is 269 Å². The number of esters is 3. The molecule has 0 heterocycles. The van der Waals surface area contributed by atoms with E-state index in [-0.39, 0.29) is 82.7 Å². The lowest BCUT2D eigenvalue weighted by molar-refractivity contribution is -0.143. The van der Waals surface area contributed by atoms with Crippen molar-refractivity contribution in [2.45, 2.75) is 39.4 Å². The molecular weight excluding hydrogens is 606 g/mol. The Morgan fingerprint density at radius 2 is 1.15 bits per heavy atom. The zero-order valence-electron chi connectivity index (χ0n) is 26.7. The first-order valence-electron chi connectivity index (χ1n) is 14.5. The summed E-state index contributed by atoms with van der Waals surface area (Å²) in [4.78, 5) is 46.7. The van der Waals surface area contributed by atoms with Crippen molar-refractivity contribution in [1.82, 2.24) is 5.32 Å². The molecule has 0 aliphatic heterocycles. The molecule has 0 aliphatic carbocycles. The third kappa shape index (κ3) is 19.1. The quantitative estimate of drug-likeness (QED) is 0.0723. The second kappa shape index (κ2) is 23.0. The number of alkyl carbamates (subject to hydrolysis) is 1. The van der Waals surface area contributed by atoms with Gasteiger partial charge in [0.15, 0.2) is 6.10 Å². The van der Waals surface area contributed by atoms with Gasteiger partial charge < -0.3 is 48.3 Å². The minimum atomic E-state index is -0.955. The summed E-state index contributed by atoms with van der Waals surface area (Å²) in [5.74, 6) is -0.565. The number of hydrogen-bond donors (Lipinski definition) is 2. The van der Waals surface area contributed by atoms with E-state index in [1.165, 1.54) is 20.8 Å². The van der Waals surface area contributed by atoms with Gasteiger partial charge in [0, 0.05) is 23.3 Å². The van der Waals surface area contributed by atoms with Gasteiger partial charge >= 0.3 is 24.0 Å². The second-order valence-electron chi connectivity index (χ2n) is 9.95. The Morgan fingerprint density at radius 1 is 0.674 bits per heavy atom. The van der Waals surface area contributed by atoms with Crippen LogP contribution in [0.25, 0.3) is 0 Å². The van der Waals surface area contributed by atoms with E-state index in [0.29, 0.717) is 17.9 Å². The van der Waals surface area contributed by atoms with Crippen molar-refractivity contribution in [1.29, 1.82) is 0 Å². The molecule has 2 unspecified atom stereocenters. The zero-order chi connectivity index (χ0) is 34.3. The molecule has 14 heteroatoms. The molecule has 46 heavy (non-hydrogen) atoms. The average Bonchev–Trinajstić information content (AvgIpc) is 3.01. The molecule has 2 atom stereocenters. The van der Waals surface area contributed by atoms with E-state index in [4.69, 9.17) is 37.9 Å². The number of rotatable bonds is 24. The smallest absolute Gasteiger partial charge is 0.407 e. The fourth-order valence-corrected chi connectivity index (χ4v) is 3.00. The Morgan fingerprint density at radius 3 is 1.67 bits per heavy atom. The van der Waals surface area contributed by atoms with Gasteiger partial charge in [0.25, 0.3) is 0 Å². The van der Waals surface area contributed by atoms with Crippen molar-refractivity contribution in [3.63, 3.8) is 0 Å². The minimum absolute atomic E-state index is 0.0161. The van der Waals surface area contributed by atoms with Crippen LogP contribution in [-0.2, 0) is 42.8 Å². The molecule has 0 saturated carbocycles. The number of carbonyl (C=O) groups excluding carboxylic acids is 4. The van der Waals surface area contributed by atoms with Gasteiger partial charge in [0.2, 0.25) is 0 Å². The summed E-state index contributed by atoms with van der Waals surface area (Å²) in [6.45, 7) is 15.6. The van der Waals surface area contributed by atoms with Gasteiger partial charge in [0.05, 0.1) is 33.0 Å². The van der Waals surface area contributed by atoms with Crippen LogP contribution in [0, 0.1) is 0 Å². The monoisotopic (exact) mass is 651 g/mol. The molecule has 0 fully saturated rings. The fourth-order valence-electron chi connectivity index (χ4n) is 3.00. The van der Waals surface area contributed by atoms with Crippen LogP contribution >= 0.6 is 0 Å². The molecule has 0 bridgehead atoms. The molecule has 0 radical (unpaired) electrons. The predicted molar refractivity (Wildman–Crippen MR) is 165 cm³/mol. The highest BCUT2D eigenvalue weighted by molar-refractivity contribution is 5.87. The SMILES string of the molecule is C=C(C)C(=O)OCCCNC(=O)OC(COCCOc1ccc(OCCOCC(O)COC(=O)C(=C)C)cc1)COC(=O)C(=C)C. The number of aliphatic hydroxyl groups excluding tert-OH is 1. The summed E-state index contributed by atoms with van der Waals surface area (Å²) in [5.41, 5.74) is 0.728. The van der Waals surface area contributed by atoms with E-state index >= 15 is 0 Å². The van der Waals surface area contributed by atoms with E-state index in [0.717, 1.165) is 0 Å². The minimum Gasteiger partial charge on any atom is -0.491 e. The van der Waals surface area contributed by atoms with Crippen molar-refractivity contribution >= 4 is 24.0 Å². The lowest BCUT2D eigenvalue weighted by atomic mass is 10.3. The molecule has 1 aromatic rings. The molecule has 0 spiro atoms. The van der Waals surface area contributed by atoms with Gasteiger partial charge in [-0.3, -0.25) is 0 Å². The number of nitrogens with one attached hydrogen (secondary N) is 1. The summed E-state index contributed by atoms with van der Waals surface area (Å²) in [6.07, 6.45) is -2.24. The fraction of sp³-hybridized carbons (Fsp3) is 0.500. The van der Waals surface area contributed by atoms with E-state index in [1.807, 2.05) is 0 Å². The maximum Gasteiger partial charge on any atom is 0.407 e. The van der Waals surface area contributed by atoms with Gasteiger partial charge in [-0.15, -0.1) is 0 Å². The molecule has 2 N–H and O–H groups in total. The number of carbonyl (C=O) groups is 4. The van der Waals surface area contributed by atoms with Crippen molar-refractivity contribution in [2.75, 3.05) is 66.0 Å².